The molecule has 0 aromatic rings. The van der Waals surface area contributed by atoms with E-state index in [2.05, 4.69) is 0 Å². The lowest BCUT2D eigenvalue weighted by Crippen LogP contribution is -2.47. The van der Waals surface area contributed by atoms with E-state index in [1.807, 2.05) is 13.8 Å². The zero-order chi connectivity index (χ0) is 12.9. The Balaban J connectivity index is 2.52. The molecule has 0 aromatic heterocycles. The van der Waals surface area contributed by atoms with Crippen LogP contribution in [-0.2, 0) is 9.47 Å². The minimum atomic E-state index is -1.02. The Bertz CT molecular complexity index is 226. The molecule has 1 saturated heterocycles. The van der Waals surface area contributed by atoms with E-state index >= 15 is 0 Å². The smallest absolute Gasteiger partial charge is 0.158 e. The van der Waals surface area contributed by atoms with Gasteiger partial charge in [0.15, 0.2) is 6.29 Å². The van der Waals surface area contributed by atoms with Crippen molar-refractivity contribution in [1.29, 1.82) is 0 Å². The van der Waals surface area contributed by atoms with Crippen molar-refractivity contribution >= 4 is 23.2 Å². The second-order valence-corrected chi connectivity index (χ2v) is 6.44. The number of alkyl halides is 2. The molecule has 1 aliphatic heterocycles. The fraction of sp³-hybridized carbons (Fsp3) is 1.00. The highest BCUT2D eigenvalue weighted by atomic mass is 35.5. The molecule has 3 nitrogen and oxygen atoms in total. The molecular weight excluding hydrogens is 263 g/mol. The molecule has 0 radical (unpaired) electrons. The Morgan fingerprint density at radius 1 is 1.35 bits per heavy atom. The summed E-state index contributed by atoms with van der Waals surface area (Å²) in [6.07, 6.45) is 3.90. The van der Waals surface area contributed by atoms with Gasteiger partial charge in [0.05, 0.1) is 5.60 Å². The number of ether oxygens (including phenoxy) is 2. The highest BCUT2D eigenvalue weighted by Crippen LogP contribution is 2.41. The van der Waals surface area contributed by atoms with Gasteiger partial charge in [-0.15, -0.1) is 0 Å². The fourth-order valence-electron chi connectivity index (χ4n) is 1.82. The van der Waals surface area contributed by atoms with E-state index in [4.69, 9.17) is 37.8 Å². The summed E-state index contributed by atoms with van der Waals surface area (Å²) in [5, 5.41) is 8.83. The second-order valence-electron chi connectivity index (χ2n) is 4.96. The predicted molar refractivity (Wildman–Crippen MR) is 69.5 cm³/mol. The molecular formula is C12H22Cl2O3. The topological polar surface area (TPSA) is 38.7 Å². The number of aliphatic hydroxyl groups is 1. The van der Waals surface area contributed by atoms with Gasteiger partial charge in [0.25, 0.3) is 0 Å². The van der Waals surface area contributed by atoms with Crippen molar-refractivity contribution in [2.75, 3.05) is 13.2 Å². The average Bonchev–Trinajstić information content (AvgIpc) is 2.27. The van der Waals surface area contributed by atoms with Gasteiger partial charge in [0.1, 0.15) is 4.33 Å². The molecule has 1 atom stereocenters. The molecule has 1 unspecified atom stereocenters. The van der Waals surface area contributed by atoms with Gasteiger partial charge in [-0.2, -0.15) is 0 Å². The molecule has 1 N–H and O–H groups in total. The van der Waals surface area contributed by atoms with Crippen LogP contribution in [0.4, 0.5) is 0 Å². The fourth-order valence-corrected chi connectivity index (χ4v) is 2.18. The van der Waals surface area contributed by atoms with E-state index in [-0.39, 0.29) is 12.9 Å². The van der Waals surface area contributed by atoms with Crippen LogP contribution in [0.1, 0.15) is 46.0 Å². The lowest BCUT2D eigenvalue weighted by Gasteiger charge is -2.40. The van der Waals surface area contributed by atoms with Crippen molar-refractivity contribution in [3.63, 3.8) is 0 Å². The van der Waals surface area contributed by atoms with Gasteiger partial charge < -0.3 is 14.6 Å². The number of hydrogen-bond donors (Lipinski definition) is 1. The van der Waals surface area contributed by atoms with Crippen LogP contribution in [0.3, 0.4) is 0 Å². The molecule has 0 aromatic carbocycles. The third kappa shape index (κ3) is 4.56. The van der Waals surface area contributed by atoms with E-state index in [1.165, 1.54) is 0 Å². The molecule has 1 fully saturated rings. The molecule has 0 spiro atoms. The maximum atomic E-state index is 8.83. The highest BCUT2D eigenvalue weighted by molar-refractivity contribution is 6.49. The first-order chi connectivity index (χ1) is 7.89. The van der Waals surface area contributed by atoms with E-state index in [0.717, 1.165) is 25.9 Å². The first-order valence-electron chi connectivity index (χ1n) is 6.17. The van der Waals surface area contributed by atoms with Gasteiger partial charge in [0.2, 0.25) is 0 Å². The van der Waals surface area contributed by atoms with Crippen molar-refractivity contribution in [2.45, 2.75) is 62.2 Å². The molecule has 5 heteroatoms. The summed E-state index contributed by atoms with van der Waals surface area (Å²) in [6.45, 7) is 4.54. The van der Waals surface area contributed by atoms with Crippen molar-refractivity contribution in [3.05, 3.63) is 0 Å². The Morgan fingerprint density at radius 2 is 2.06 bits per heavy atom. The Morgan fingerprint density at radius 3 is 2.59 bits per heavy atom. The number of hydrogen-bond acceptors (Lipinski definition) is 3. The molecule has 102 valence electrons. The molecule has 0 aliphatic carbocycles. The molecule has 0 amide bonds. The maximum Gasteiger partial charge on any atom is 0.158 e. The molecule has 1 heterocycles. The molecule has 1 aliphatic rings. The third-order valence-electron chi connectivity index (χ3n) is 3.09. The largest absolute Gasteiger partial charge is 0.396 e. The van der Waals surface area contributed by atoms with Crippen LogP contribution in [0.15, 0.2) is 0 Å². The minimum absolute atomic E-state index is 0.0806. The van der Waals surface area contributed by atoms with Gasteiger partial charge in [0, 0.05) is 13.2 Å². The van der Waals surface area contributed by atoms with Crippen molar-refractivity contribution in [2.24, 2.45) is 0 Å². The van der Waals surface area contributed by atoms with E-state index in [9.17, 15) is 0 Å². The highest BCUT2D eigenvalue weighted by Gasteiger charge is 2.44. The van der Waals surface area contributed by atoms with Crippen molar-refractivity contribution < 1.29 is 14.6 Å². The number of aliphatic hydroxyl groups excluding tert-OH is 1. The summed E-state index contributed by atoms with van der Waals surface area (Å²) in [6, 6.07) is 0. The van der Waals surface area contributed by atoms with Crippen LogP contribution < -0.4 is 0 Å². The first kappa shape index (κ1) is 15.5. The number of halogens is 2. The van der Waals surface area contributed by atoms with Gasteiger partial charge in [-0.25, -0.2) is 0 Å². The van der Waals surface area contributed by atoms with Crippen LogP contribution >= 0.6 is 23.2 Å². The van der Waals surface area contributed by atoms with Crippen molar-refractivity contribution in [1.82, 2.24) is 0 Å². The molecule has 0 bridgehead atoms. The number of rotatable bonds is 6. The van der Waals surface area contributed by atoms with E-state index < -0.39 is 9.93 Å². The predicted octanol–water partition coefficient (Wildman–Crippen LogP) is 3.25. The van der Waals surface area contributed by atoms with Gasteiger partial charge in [-0.3, -0.25) is 0 Å². The van der Waals surface area contributed by atoms with Gasteiger partial charge in [-0.1, -0.05) is 23.2 Å². The normalized spacial score (nSPS) is 22.8. The standard InChI is InChI=1S/C12H22Cl2O3/c1-11(2,12(13,14)7-5-8-15)17-10-6-3-4-9-16-10/h10,15H,3-9H2,1-2H3. The Labute approximate surface area is 113 Å². The molecule has 17 heavy (non-hydrogen) atoms. The summed E-state index contributed by atoms with van der Waals surface area (Å²) in [5.41, 5.74) is -0.701. The minimum Gasteiger partial charge on any atom is -0.396 e. The first-order valence-corrected chi connectivity index (χ1v) is 6.93. The van der Waals surface area contributed by atoms with Crippen LogP contribution in [0.25, 0.3) is 0 Å². The van der Waals surface area contributed by atoms with E-state index in [1.54, 1.807) is 0 Å². The van der Waals surface area contributed by atoms with E-state index in [0.29, 0.717) is 12.8 Å². The van der Waals surface area contributed by atoms with Crippen LogP contribution in [0, 0.1) is 0 Å². The van der Waals surface area contributed by atoms with Crippen molar-refractivity contribution in [3.8, 4) is 0 Å². The lowest BCUT2D eigenvalue weighted by atomic mass is 9.99. The summed E-state index contributed by atoms with van der Waals surface area (Å²) < 4.78 is 10.4. The zero-order valence-corrected chi connectivity index (χ0v) is 12.1. The van der Waals surface area contributed by atoms with Crippen LogP contribution in [-0.4, -0.2) is 34.5 Å². The summed E-state index contributed by atoms with van der Waals surface area (Å²) in [7, 11) is 0. The molecule has 0 saturated carbocycles. The Kier molecular flexibility index (Phi) is 6.00. The SMILES string of the molecule is CC(C)(OC1CCCCO1)C(Cl)(Cl)CCCO. The summed E-state index contributed by atoms with van der Waals surface area (Å²) in [5.74, 6) is 0. The third-order valence-corrected chi connectivity index (χ3v) is 4.38. The average molecular weight is 285 g/mol. The van der Waals surface area contributed by atoms with Gasteiger partial charge >= 0.3 is 0 Å². The Hall–Kier alpha value is 0.460. The lowest BCUT2D eigenvalue weighted by molar-refractivity contribution is -0.219. The van der Waals surface area contributed by atoms with Gasteiger partial charge in [-0.05, 0) is 46.0 Å². The molecule has 1 rings (SSSR count). The van der Waals surface area contributed by atoms with Crippen LogP contribution in [0.2, 0.25) is 0 Å². The quantitative estimate of drug-likeness (QED) is 0.761. The summed E-state index contributed by atoms with van der Waals surface area (Å²) in [4.78, 5) is 0. The second kappa shape index (κ2) is 6.58. The van der Waals surface area contributed by atoms with Crippen LogP contribution in [0.5, 0.6) is 0 Å². The zero-order valence-electron chi connectivity index (χ0n) is 10.5. The summed E-state index contributed by atoms with van der Waals surface area (Å²) >= 11 is 12.6. The monoisotopic (exact) mass is 284 g/mol. The maximum absolute atomic E-state index is 8.83.